The highest BCUT2D eigenvalue weighted by Crippen LogP contribution is 2.50. The lowest BCUT2D eigenvalue weighted by atomic mass is 9.76. The highest BCUT2D eigenvalue weighted by molar-refractivity contribution is 9.10. The molecule has 7 heteroatoms. The molecule has 1 saturated carbocycles. The summed E-state index contributed by atoms with van der Waals surface area (Å²) in [5.41, 5.74) is 1.63. The van der Waals surface area contributed by atoms with E-state index in [1.54, 1.807) is 12.1 Å². The maximum absolute atomic E-state index is 15.0. The third-order valence-electron chi connectivity index (χ3n) is 7.00. The normalized spacial score (nSPS) is 21.1. The summed E-state index contributed by atoms with van der Waals surface area (Å²) in [6.45, 7) is 2.34. The van der Waals surface area contributed by atoms with Crippen LogP contribution in [0.3, 0.4) is 0 Å². The minimum atomic E-state index is -0.545. The molecule has 2 aromatic rings. The third kappa shape index (κ3) is 4.58. The molecule has 1 aliphatic carbocycles. The summed E-state index contributed by atoms with van der Waals surface area (Å²) in [5, 5.41) is 6.33. The SMILES string of the molecule is CC1([C@H](NC(=O)[C@@H]2CCc3ccccc3C(=O)NC2)c2c(F)ccc(Br)c2Cl)CCCC1. The van der Waals surface area contributed by atoms with Gasteiger partial charge in [-0.1, -0.05) is 49.6 Å². The summed E-state index contributed by atoms with van der Waals surface area (Å²) in [6.07, 6.45) is 5.07. The zero-order valence-corrected chi connectivity index (χ0v) is 20.4. The molecular formula is C25H27BrClFN2O2. The van der Waals surface area contributed by atoms with E-state index in [0.717, 1.165) is 31.2 Å². The van der Waals surface area contributed by atoms with Crippen molar-refractivity contribution in [1.82, 2.24) is 10.6 Å². The summed E-state index contributed by atoms with van der Waals surface area (Å²) in [7, 11) is 0. The Kier molecular flexibility index (Phi) is 6.91. The number of benzene rings is 2. The molecule has 2 amide bonds. The molecule has 0 radical (unpaired) electrons. The number of rotatable bonds is 4. The van der Waals surface area contributed by atoms with Crippen LogP contribution in [-0.2, 0) is 11.2 Å². The fourth-order valence-electron chi connectivity index (χ4n) is 5.06. The Morgan fingerprint density at radius 3 is 2.72 bits per heavy atom. The maximum Gasteiger partial charge on any atom is 0.251 e. The molecule has 0 aromatic heterocycles. The van der Waals surface area contributed by atoms with Gasteiger partial charge in [0.05, 0.1) is 17.0 Å². The molecule has 0 spiro atoms. The summed E-state index contributed by atoms with van der Waals surface area (Å²) < 4.78 is 15.6. The molecule has 0 bridgehead atoms. The summed E-state index contributed by atoms with van der Waals surface area (Å²) >= 11 is 9.93. The van der Waals surface area contributed by atoms with Crippen molar-refractivity contribution in [3.8, 4) is 0 Å². The number of amides is 2. The highest BCUT2D eigenvalue weighted by atomic mass is 79.9. The van der Waals surface area contributed by atoms with Crippen molar-refractivity contribution in [2.75, 3.05) is 6.54 Å². The molecule has 2 N–H and O–H groups in total. The van der Waals surface area contributed by atoms with Gasteiger partial charge in [-0.3, -0.25) is 9.59 Å². The lowest BCUT2D eigenvalue weighted by molar-refractivity contribution is -0.126. The predicted molar refractivity (Wildman–Crippen MR) is 127 cm³/mol. The second kappa shape index (κ2) is 9.52. The molecule has 32 heavy (non-hydrogen) atoms. The van der Waals surface area contributed by atoms with Gasteiger partial charge in [0, 0.05) is 22.1 Å². The zero-order chi connectivity index (χ0) is 22.9. The van der Waals surface area contributed by atoms with Crippen LogP contribution in [0.5, 0.6) is 0 Å². The van der Waals surface area contributed by atoms with Gasteiger partial charge in [0.15, 0.2) is 0 Å². The smallest absolute Gasteiger partial charge is 0.251 e. The number of hydrogen-bond donors (Lipinski definition) is 2. The van der Waals surface area contributed by atoms with Crippen LogP contribution in [0, 0.1) is 17.2 Å². The highest BCUT2D eigenvalue weighted by Gasteiger charge is 2.42. The van der Waals surface area contributed by atoms with E-state index < -0.39 is 17.8 Å². The van der Waals surface area contributed by atoms with Gasteiger partial charge < -0.3 is 10.6 Å². The lowest BCUT2D eigenvalue weighted by Crippen LogP contribution is -2.45. The van der Waals surface area contributed by atoms with Crippen molar-refractivity contribution >= 4 is 39.3 Å². The molecule has 1 heterocycles. The number of nitrogens with one attached hydrogen (secondary N) is 2. The molecule has 1 fully saturated rings. The minimum Gasteiger partial charge on any atom is -0.351 e. The van der Waals surface area contributed by atoms with Crippen molar-refractivity contribution < 1.29 is 14.0 Å². The van der Waals surface area contributed by atoms with E-state index in [4.69, 9.17) is 11.6 Å². The van der Waals surface area contributed by atoms with E-state index in [1.165, 1.54) is 6.07 Å². The fraction of sp³-hybridized carbons (Fsp3) is 0.440. The zero-order valence-electron chi connectivity index (χ0n) is 18.0. The van der Waals surface area contributed by atoms with Crippen molar-refractivity contribution in [3.63, 3.8) is 0 Å². The van der Waals surface area contributed by atoms with E-state index >= 15 is 4.39 Å². The average molecular weight is 522 g/mol. The van der Waals surface area contributed by atoms with E-state index in [1.807, 2.05) is 18.2 Å². The van der Waals surface area contributed by atoms with Crippen LogP contribution in [0.1, 0.15) is 66.6 Å². The van der Waals surface area contributed by atoms with E-state index in [2.05, 4.69) is 33.5 Å². The number of aryl methyl sites for hydroxylation is 1. The average Bonchev–Trinajstić information content (AvgIpc) is 3.22. The summed E-state index contributed by atoms with van der Waals surface area (Å²) in [6, 6.07) is 9.89. The molecule has 0 saturated heterocycles. The summed E-state index contributed by atoms with van der Waals surface area (Å²) in [4.78, 5) is 26.0. The van der Waals surface area contributed by atoms with Crippen LogP contribution in [0.4, 0.5) is 4.39 Å². The Morgan fingerprint density at radius 2 is 1.97 bits per heavy atom. The fourth-order valence-corrected chi connectivity index (χ4v) is 5.67. The first-order valence-corrected chi connectivity index (χ1v) is 12.3. The lowest BCUT2D eigenvalue weighted by Gasteiger charge is -2.37. The minimum absolute atomic E-state index is 0.168. The monoisotopic (exact) mass is 520 g/mol. The van der Waals surface area contributed by atoms with Gasteiger partial charge in [-0.25, -0.2) is 4.39 Å². The van der Waals surface area contributed by atoms with Crippen LogP contribution in [0.15, 0.2) is 40.9 Å². The molecule has 0 unspecified atom stereocenters. The van der Waals surface area contributed by atoms with Crippen molar-refractivity contribution in [3.05, 3.63) is 68.4 Å². The maximum atomic E-state index is 15.0. The van der Waals surface area contributed by atoms with Crippen LogP contribution < -0.4 is 10.6 Å². The topological polar surface area (TPSA) is 58.2 Å². The second-order valence-corrected chi connectivity index (χ2v) is 10.4. The quantitative estimate of drug-likeness (QED) is 0.487. The molecule has 4 rings (SSSR count). The van der Waals surface area contributed by atoms with E-state index in [-0.39, 0.29) is 23.8 Å². The molecule has 2 atom stereocenters. The Labute approximate surface area is 201 Å². The predicted octanol–water partition coefficient (Wildman–Crippen LogP) is 5.97. The number of hydrogen-bond acceptors (Lipinski definition) is 2. The van der Waals surface area contributed by atoms with Gasteiger partial charge in [-0.05, 0) is 70.8 Å². The molecule has 1 aliphatic heterocycles. The molecular weight excluding hydrogens is 495 g/mol. The molecule has 2 aliphatic rings. The van der Waals surface area contributed by atoms with Gasteiger partial charge in [-0.2, -0.15) is 0 Å². The first-order valence-electron chi connectivity index (χ1n) is 11.1. The Morgan fingerprint density at radius 1 is 1.25 bits per heavy atom. The van der Waals surface area contributed by atoms with Gasteiger partial charge in [0.25, 0.3) is 5.91 Å². The number of carbonyl (C=O) groups excluding carboxylic acids is 2. The third-order valence-corrected chi connectivity index (χ3v) is 8.30. The van der Waals surface area contributed by atoms with Gasteiger partial charge in [-0.15, -0.1) is 0 Å². The second-order valence-electron chi connectivity index (χ2n) is 9.16. The van der Waals surface area contributed by atoms with Gasteiger partial charge in [0.2, 0.25) is 5.91 Å². The largest absolute Gasteiger partial charge is 0.351 e. The Balaban J connectivity index is 1.61. The Bertz CT molecular complexity index is 1040. The van der Waals surface area contributed by atoms with Crippen molar-refractivity contribution in [2.45, 2.75) is 51.5 Å². The molecule has 2 aromatic carbocycles. The van der Waals surface area contributed by atoms with Crippen molar-refractivity contribution in [2.24, 2.45) is 11.3 Å². The number of fused-ring (bicyclic) bond motifs is 1. The van der Waals surface area contributed by atoms with Gasteiger partial charge >= 0.3 is 0 Å². The first kappa shape index (κ1) is 23.2. The Hall–Kier alpha value is -1.92. The van der Waals surface area contributed by atoms with Crippen LogP contribution in [0.25, 0.3) is 0 Å². The van der Waals surface area contributed by atoms with Gasteiger partial charge in [0.1, 0.15) is 5.82 Å². The summed E-state index contributed by atoms with van der Waals surface area (Å²) in [5.74, 6) is -1.18. The number of carbonyl (C=O) groups is 2. The van der Waals surface area contributed by atoms with Crippen LogP contribution in [-0.4, -0.2) is 18.4 Å². The molecule has 4 nitrogen and oxygen atoms in total. The molecule has 170 valence electrons. The van der Waals surface area contributed by atoms with E-state index in [0.29, 0.717) is 33.5 Å². The first-order chi connectivity index (χ1) is 15.3. The van der Waals surface area contributed by atoms with Crippen LogP contribution >= 0.6 is 27.5 Å². The number of halogens is 3. The van der Waals surface area contributed by atoms with E-state index in [9.17, 15) is 9.59 Å². The van der Waals surface area contributed by atoms with Crippen molar-refractivity contribution in [1.29, 1.82) is 0 Å². The standard InChI is InChI=1S/C25H27BrClFN2O2/c1-25(12-4-5-13-25)22(20-19(28)11-10-18(26)21(20)27)30-23(31)16-9-8-15-6-2-3-7-17(15)24(32)29-14-16/h2-3,6-7,10-11,16,22H,4-5,8-9,12-14H2,1H3,(H,29,32)(H,30,31)/t16-,22-/m1/s1. The van der Waals surface area contributed by atoms with Crippen LogP contribution in [0.2, 0.25) is 5.02 Å².